The van der Waals surface area contributed by atoms with Crippen molar-refractivity contribution in [2.24, 2.45) is 5.92 Å². The molecule has 0 saturated carbocycles. The minimum atomic E-state index is -0.185. The topological polar surface area (TPSA) is 16.1 Å². The largest absolute Gasteiger partial charge is 0.367 e. The molecule has 2 aromatic rings. The number of benzene rings is 1. The second-order valence-corrected chi connectivity index (χ2v) is 7.19. The minimum Gasteiger partial charge on any atom is -0.367 e. The van der Waals surface area contributed by atoms with Crippen LogP contribution in [0.2, 0.25) is 0 Å². The molecule has 0 N–H and O–H groups in total. The lowest BCUT2D eigenvalue weighted by molar-refractivity contribution is 0.249. The van der Waals surface area contributed by atoms with Crippen LogP contribution < -0.4 is 0 Å². The summed E-state index contributed by atoms with van der Waals surface area (Å²) in [5.41, 5.74) is 6.18. The number of hydrogen-bond donors (Lipinski definition) is 0. The first-order valence-corrected chi connectivity index (χ1v) is 8.39. The lowest BCUT2D eigenvalue weighted by atomic mass is 9.78. The van der Waals surface area contributed by atoms with E-state index in [1.807, 2.05) is 6.20 Å². The zero-order chi connectivity index (χ0) is 16.6. The second kappa shape index (κ2) is 5.84. The molecule has 0 radical (unpaired) electrons. The fraction of sp³-hybridized carbons (Fsp3) is 0.381. The SMILES string of the molecule is Cc1ccccc1C1(C)c2cc(CC(C)C)cnc2C=CN1C. The zero-order valence-corrected chi connectivity index (χ0v) is 14.8. The van der Waals surface area contributed by atoms with Gasteiger partial charge in [0.15, 0.2) is 0 Å². The number of hydrogen-bond acceptors (Lipinski definition) is 2. The Morgan fingerprint density at radius 1 is 1.17 bits per heavy atom. The van der Waals surface area contributed by atoms with Gasteiger partial charge in [-0.25, -0.2) is 0 Å². The molecule has 1 aliphatic rings. The molecule has 1 atom stereocenters. The summed E-state index contributed by atoms with van der Waals surface area (Å²) in [6, 6.07) is 11.0. The zero-order valence-electron chi connectivity index (χ0n) is 14.8. The first kappa shape index (κ1) is 15.8. The van der Waals surface area contributed by atoms with E-state index in [1.54, 1.807) is 0 Å². The van der Waals surface area contributed by atoms with Gasteiger partial charge in [-0.1, -0.05) is 38.1 Å². The Kier molecular flexibility index (Phi) is 4.01. The summed E-state index contributed by atoms with van der Waals surface area (Å²) in [6.07, 6.45) is 7.36. The van der Waals surface area contributed by atoms with Gasteiger partial charge in [0, 0.05) is 25.0 Å². The van der Waals surface area contributed by atoms with Crippen molar-refractivity contribution in [1.82, 2.24) is 9.88 Å². The number of rotatable bonds is 3. The van der Waals surface area contributed by atoms with Gasteiger partial charge < -0.3 is 4.90 Å². The molecule has 2 heteroatoms. The highest BCUT2D eigenvalue weighted by Crippen LogP contribution is 2.41. The molecule has 0 fully saturated rings. The van der Waals surface area contributed by atoms with Crippen LogP contribution in [0.5, 0.6) is 0 Å². The van der Waals surface area contributed by atoms with Gasteiger partial charge in [-0.05, 0) is 55.0 Å². The maximum atomic E-state index is 4.74. The summed E-state index contributed by atoms with van der Waals surface area (Å²) in [4.78, 5) is 7.05. The molecule has 120 valence electrons. The van der Waals surface area contributed by atoms with E-state index < -0.39 is 0 Å². The van der Waals surface area contributed by atoms with Gasteiger partial charge in [0.2, 0.25) is 0 Å². The van der Waals surface area contributed by atoms with E-state index in [-0.39, 0.29) is 5.54 Å². The van der Waals surface area contributed by atoms with E-state index >= 15 is 0 Å². The van der Waals surface area contributed by atoms with Crippen molar-refractivity contribution in [1.29, 1.82) is 0 Å². The van der Waals surface area contributed by atoms with Crippen LogP contribution in [0.4, 0.5) is 0 Å². The van der Waals surface area contributed by atoms with Crippen molar-refractivity contribution >= 4 is 6.08 Å². The summed E-state index contributed by atoms with van der Waals surface area (Å²) in [6.45, 7) is 9.01. The molecule has 1 unspecified atom stereocenters. The maximum absolute atomic E-state index is 4.74. The number of aryl methyl sites for hydroxylation is 1. The molecule has 0 bridgehead atoms. The Labute approximate surface area is 139 Å². The Hall–Kier alpha value is -2.09. The maximum Gasteiger partial charge on any atom is 0.0892 e. The average Bonchev–Trinajstić information content (AvgIpc) is 2.51. The lowest BCUT2D eigenvalue weighted by Crippen LogP contribution is -2.42. The van der Waals surface area contributed by atoms with Crippen LogP contribution in [-0.2, 0) is 12.0 Å². The molecule has 1 aliphatic heterocycles. The molecule has 0 aliphatic carbocycles. The quantitative estimate of drug-likeness (QED) is 0.812. The Bertz CT molecular complexity index is 745. The average molecular weight is 306 g/mol. The molecular weight excluding hydrogens is 280 g/mol. The van der Waals surface area contributed by atoms with Crippen LogP contribution >= 0.6 is 0 Å². The third-order valence-corrected chi connectivity index (χ3v) is 4.97. The van der Waals surface area contributed by atoms with Crippen LogP contribution in [0.3, 0.4) is 0 Å². The molecule has 1 aromatic carbocycles. The molecule has 3 rings (SSSR count). The van der Waals surface area contributed by atoms with Crippen LogP contribution in [0.25, 0.3) is 6.08 Å². The molecule has 1 aromatic heterocycles. The Balaban J connectivity index is 2.19. The Morgan fingerprint density at radius 2 is 1.91 bits per heavy atom. The smallest absolute Gasteiger partial charge is 0.0892 e. The highest BCUT2D eigenvalue weighted by atomic mass is 15.2. The van der Waals surface area contributed by atoms with Gasteiger partial charge in [-0.15, -0.1) is 0 Å². The van der Waals surface area contributed by atoms with Crippen molar-refractivity contribution in [2.75, 3.05) is 7.05 Å². The number of fused-ring (bicyclic) bond motifs is 1. The van der Waals surface area contributed by atoms with Gasteiger partial charge in [0.1, 0.15) is 0 Å². The van der Waals surface area contributed by atoms with E-state index in [0.717, 1.165) is 12.1 Å². The molecular formula is C21H26N2. The summed E-state index contributed by atoms with van der Waals surface area (Å²) >= 11 is 0. The van der Waals surface area contributed by atoms with E-state index in [1.165, 1.54) is 22.3 Å². The monoisotopic (exact) mass is 306 g/mol. The summed E-state index contributed by atoms with van der Waals surface area (Å²) < 4.78 is 0. The highest BCUT2D eigenvalue weighted by Gasteiger charge is 2.37. The highest BCUT2D eigenvalue weighted by molar-refractivity contribution is 5.59. The molecule has 0 spiro atoms. The lowest BCUT2D eigenvalue weighted by Gasteiger charge is -2.43. The number of aromatic nitrogens is 1. The van der Waals surface area contributed by atoms with Crippen molar-refractivity contribution in [2.45, 2.75) is 39.7 Å². The molecule has 2 nitrogen and oxygen atoms in total. The van der Waals surface area contributed by atoms with Crippen LogP contribution in [0.1, 0.15) is 48.7 Å². The predicted octanol–water partition coefficient (Wildman–Crippen LogP) is 4.77. The van der Waals surface area contributed by atoms with Gasteiger partial charge in [-0.3, -0.25) is 4.98 Å². The van der Waals surface area contributed by atoms with Gasteiger partial charge >= 0.3 is 0 Å². The third-order valence-electron chi connectivity index (χ3n) is 4.97. The van der Waals surface area contributed by atoms with Crippen molar-refractivity contribution in [3.63, 3.8) is 0 Å². The first-order valence-electron chi connectivity index (χ1n) is 8.39. The summed E-state index contributed by atoms with van der Waals surface area (Å²) in [5, 5.41) is 0. The van der Waals surface area contributed by atoms with E-state index in [4.69, 9.17) is 4.98 Å². The number of nitrogens with zero attached hydrogens (tertiary/aromatic N) is 2. The third kappa shape index (κ3) is 2.67. The van der Waals surface area contributed by atoms with E-state index in [2.05, 4.69) is 82.3 Å². The van der Waals surface area contributed by atoms with Crippen LogP contribution in [0.15, 0.2) is 42.7 Å². The predicted molar refractivity (Wildman–Crippen MR) is 97.2 cm³/mol. The molecule has 0 saturated heterocycles. The molecule has 23 heavy (non-hydrogen) atoms. The van der Waals surface area contributed by atoms with Crippen molar-refractivity contribution in [3.05, 3.63) is 70.7 Å². The fourth-order valence-corrected chi connectivity index (χ4v) is 3.60. The molecule has 0 amide bonds. The summed E-state index contributed by atoms with van der Waals surface area (Å²) in [5.74, 6) is 0.636. The van der Waals surface area contributed by atoms with Gasteiger partial charge in [0.25, 0.3) is 0 Å². The minimum absolute atomic E-state index is 0.185. The number of pyridine rings is 1. The van der Waals surface area contributed by atoms with Gasteiger partial charge in [-0.2, -0.15) is 0 Å². The normalized spacial score (nSPS) is 20.0. The van der Waals surface area contributed by atoms with Gasteiger partial charge in [0.05, 0.1) is 11.2 Å². The van der Waals surface area contributed by atoms with Crippen LogP contribution in [0, 0.1) is 12.8 Å². The van der Waals surface area contributed by atoms with Crippen molar-refractivity contribution in [3.8, 4) is 0 Å². The van der Waals surface area contributed by atoms with Crippen LogP contribution in [-0.4, -0.2) is 16.9 Å². The van der Waals surface area contributed by atoms with E-state index in [9.17, 15) is 0 Å². The Morgan fingerprint density at radius 3 is 2.61 bits per heavy atom. The van der Waals surface area contributed by atoms with E-state index in [0.29, 0.717) is 5.92 Å². The fourth-order valence-electron chi connectivity index (χ4n) is 3.60. The standard InChI is InChI=1S/C21H26N2/c1-15(2)12-17-13-19-20(22-14-17)10-11-23(5)21(19,4)18-9-7-6-8-16(18)3/h6-11,13-15H,12H2,1-5H3. The first-order chi connectivity index (χ1) is 10.9. The second-order valence-electron chi connectivity index (χ2n) is 7.19. The van der Waals surface area contributed by atoms with Crippen molar-refractivity contribution < 1.29 is 0 Å². The summed E-state index contributed by atoms with van der Waals surface area (Å²) in [7, 11) is 2.15. The molecule has 2 heterocycles.